The third kappa shape index (κ3) is 5.35. The van der Waals surface area contributed by atoms with E-state index in [9.17, 15) is 4.79 Å². The summed E-state index contributed by atoms with van der Waals surface area (Å²) in [5.41, 5.74) is 5.89. The van der Waals surface area contributed by atoms with Crippen molar-refractivity contribution in [3.63, 3.8) is 0 Å². The lowest BCUT2D eigenvalue weighted by molar-refractivity contribution is 0.0526. The molecule has 4 rings (SSSR count). The molecule has 0 amide bonds. The van der Waals surface area contributed by atoms with E-state index in [1.54, 1.807) is 11.3 Å². The number of esters is 1. The molecule has 0 atom stereocenters. The number of nitrogens with zero attached hydrogens (tertiary/aromatic N) is 2. The van der Waals surface area contributed by atoms with Crippen molar-refractivity contribution < 1.29 is 9.53 Å². The number of thiophene rings is 1. The zero-order valence-corrected chi connectivity index (χ0v) is 21.7. The van der Waals surface area contributed by atoms with Crippen LogP contribution < -0.4 is 10.2 Å². The first kappa shape index (κ1) is 24.0. The van der Waals surface area contributed by atoms with Gasteiger partial charge in [0.25, 0.3) is 0 Å². The molecular weight excluding hydrogens is 450 g/mol. The van der Waals surface area contributed by atoms with E-state index in [1.165, 1.54) is 46.5 Å². The lowest BCUT2D eigenvalue weighted by atomic mass is 9.96. The molecule has 1 aliphatic carbocycles. The number of nitrogens with one attached hydrogen (secondary N) is 1. The van der Waals surface area contributed by atoms with Gasteiger partial charge in [-0.3, -0.25) is 0 Å². The molecule has 0 unspecified atom stereocenters. The SMILES string of the molecule is CCOC(=O)c1c(NC(=S)N2CCN(c3cccc(C)c3C)CC2)sc2c1CCCCCC2. The minimum Gasteiger partial charge on any atom is -0.462 e. The van der Waals surface area contributed by atoms with Gasteiger partial charge in [-0.25, -0.2) is 4.79 Å². The maximum absolute atomic E-state index is 12.9. The summed E-state index contributed by atoms with van der Waals surface area (Å²) in [6.45, 7) is 10.2. The van der Waals surface area contributed by atoms with Gasteiger partial charge in [-0.05, 0) is 81.4 Å². The molecule has 33 heavy (non-hydrogen) atoms. The third-order valence-corrected chi connectivity index (χ3v) is 8.42. The summed E-state index contributed by atoms with van der Waals surface area (Å²) in [7, 11) is 0. The molecule has 7 heteroatoms. The summed E-state index contributed by atoms with van der Waals surface area (Å²) >= 11 is 7.51. The maximum atomic E-state index is 12.9. The molecule has 1 aromatic carbocycles. The second-order valence-electron chi connectivity index (χ2n) is 8.97. The van der Waals surface area contributed by atoms with Crippen molar-refractivity contribution >= 4 is 45.3 Å². The van der Waals surface area contributed by atoms with E-state index in [4.69, 9.17) is 17.0 Å². The first-order chi connectivity index (χ1) is 16.0. The van der Waals surface area contributed by atoms with Gasteiger partial charge in [-0.15, -0.1) is 11.3 Å². The van der Waals surface area contributed by atoms with Gasteiger partial charge >= 0.3 is 5.97 Å². The van der Waals surface area contributed by atoms with Crippen LogP contribution in [0.5, 0.6) is 0 Å². The minimum absolute atomic E-state index is 0.222. The first-order valence-corrected chi connectivity index (χ1v) is 13.4. The van der Waals surface area contributed by atoms with Crippen LogP contribution in [0.3, 0.4) is 0 Å². The normalized spacial score (nSPS) is 16.6. The molecule has 1 aliphatic heterocycles. The molecule has 0 bridgehead atoms. The highest BCUT2D eigenvalue weighted by Crippen LogP contribution is 2.38. The average Bonchev–Trinajstić information content (AvgIpc) is 3.12. The molecule has 0 spiro atoms. The summed E-state index contributed by atoms with van der Waals surface area (Å²) < 4.78 is 5.44. The molecule has 0 saturated carbocycles. The largest absolute Gasteiger partial charge is 0.462 e. The average molecular weight is 486 g/mol. The number of aryl methyl sites for hydroxylation is 2. The number of benzene rings is 1. The predicted octanol–water partition coefficient (Wildman–Crippen LogP) is 5.72. The van der Waals surface area contributed by atoms with Crippen molar-refractivity contribution in [2.45, 2.75) is 59.3 Å². The zero-order valence-electron chi connectivity index (χ0n) is 20.0. The Morgan fingerprint density at radius 2 is 1.82 bits per heavy atom. The van der Waals surface area contributed by atoms with Crippen LogP contribution >= 0.6 is 23.6 Å². The summed E-state index contributed by atoms with van der Waals surface area (Å²) in [6, 6.07) is 6.51. The Hall–Kier alpha value is -2.12. The van der Waals surface area contributed by atoms with Gasteiger partial charge in [0.1, 0.15) is 5.00 Å². The summed E-state index contributed by atoms with van der Waals surface area (Å²) in [5.74, 6) is -0.222. The molecule has 2 aliphatic rings. The van der Waals surface area contributed by atoms with Gasteiger partial charge in [0.05, 0.1) is 12.2 Å². The molecule has 1 fully saturated rings. The van der Waals surface area contributed by atoms with Gasteiger partial charge in [-0.2, -0.15) is 0 Å². The van der Waals surface area contributed by atoms with E-state index >= 15 is 0 Å². The molecule has 0 radical (unpaired) electrons. The molecule has 178 valence electrons. The fourth-order valence-corrected chi connectivity index (χ4v) is 6.46. The minimum atomic E-state index is -0.222. The quantitative estimate of drug-likeness (QED) is 0.441. The predicted molar refractivity (Wildman–Crippen MR) is 142 cm³/mol. The van der Waals surface area contributed by atoms with Crippen molar-refractivity contribution in [1.82, 2.24) is 4.90 Å². The van der Waals surface area contributed by atoms with Crippen LogP contribution in [-0.4, -0.2) is 48.8 Å². The van der Waals surface area contributed by atoms with Crippen molar-refractivity contribution in [3.8, 4) is 0 Å². The van der Waals surface area contributed by atoms with Crippen LogP contribution in [-0.2, 0) is 17.6 Å². The van der Waals surface area contributed by atoms with Crippen molar-refractivity contribution in [2.75, 3.05) is 43.0 Å². The summed E-state index contributed by atoms with van der Waals surface area (Å²) in [6.07, 6.45) is 6.78. The van der Waals surface area contributed by atoms with Crippen LogP contribution in [0.1, 0.15) is 64.5 Å². The van der Waals surface area contributed by atoms with E-state index in [-0.39, 0.29) is 5.97 Å². The Morgan fingerprint density at radius 1 is 1.09 bits per heavy atom. The maximum Gasteiger partial charge on any atom is 0.341 e. The van der Waals surface area contributed by atoms with E-state index in [0.717, 1.165) is 56.0 Å². The van der Waals surface area contributed by atoms with Crippen LogP contribution in [0.25, 0.3) is 0 Å². The van der Waals surface area contributed by atoms with Gasteiger partial charge in [0, 0.05) is 36.7 Å². The van der Waals surface area contributed by atoms with Gasteiger partial charge in [0.2, 0.25) is 0 Å². The molecular formula is C26H35N3O2S2. The first-order valence-electron chi connectivity index (χ1n) is 12.2. The molecule has 2 heterocycles. The number of fused-ring (bicyclic) bond motifs is 1. The zero-order chi connectivity index (χ0) is 23.4. The topological polar surface area (TPSA) is 44.8 Å². The summed E-state index contributed by atoms with van der Waals surface area (Å²) in [5, 5.41) is 5.02. The van der Waals surface area contributed by atoms with Crippen molar-refractivity contribution in [3.05, 3.63) is 45.3 Å². The Morgan fingerprint density at radius 3 is 2.55 bits per heavy atom. The highest BCUT2D eigenvalue weighted by molar-refractivity contribution is 7.80. The molecule has 5 nitrogen and oxygen atoms in total. The Bertz CT molecular complexity index is 1010. The number of anilines is 2. The van der Waals surface area contributed by atoms with Crippen molar-refractivity contribution in [2.24, 2.45) is 0 Å². The number of carbonyl (C=O) groups is 1. The van der Waals surface area contributed by atoms with Gasteiger partial charge in [-0.1, -0.05) is 25.0 Å². The number of ether oxygens (including phenoxy) is 1. The molecule has 2 aromatic rings. The second-order valence-corrected chi connectivity index (χ2v) is 10.5. The van der Waals surface area contributed by atoms with E-state index in [0.29, 0.717) is 11.7 Å². The smallest absolute Gasteiger partial charge is 0.341 e. The monoisotopic (exact) mass is 485 g/mol. The Balaban J connectivity index is 1.47. The van der Waals surface area contributed by atoms with Crippen LogP contribution in [0.4, 0.5) is 10.7 Å². The van der Waals surface area contributed by atoms with Gasteiger partial charge in [0.15, 0.2) is 5.11 Å². The summed E-state index contributed by atoms with van der Waals surface area (Å²) in [4.78, 5) is 18.9. The van der Waals surface area contributed by atoms with Crippen LogP contribution in [0.15, 0.2) is 18.2 Å². The second kappa shape index (κ2) is 10.9. The van der Waals surface area contributed by atoms with Crippen LogP contribution in [0.2, 0.25) is 0 Å². The number of piperazine rings is 1. The van der Waals surface area contributed by atoms with Crippen LogP contribution in [0, 0.1) is 13.8 Å². The van der Waals surface area contributed by atoms with Gasteiger partial charge < -0.3 is 19.9 Å². The lowest BCUT2D eigenvalue weighted by Gasteiger charge is -2.38. The molecule has 1 N–H and O–H groups in total. The highest BCUT2D eigenvalue weighted by Gasteiger charge is 2.27. The highest BCUT2D eigenvalue weighted by atomic mass is 32.1. The fraction of sp³-hybridized carbons (Fsp3) is 0.538. The lowest BCUT2D eigenvalue weighted by Crippen LogP contribution is -2.50. The number of rotatable bonds is 4. The third-order valence-electron chi connectivity index (χ3n) is 6.85. The Kier molecular flexibility index (Phi) is 7.91. The standard InChI is InChI=1S/C26H35N3O2S2/c1-4-31-25(30)23-20-11-7-5-6-8-13-22(20)33-24(23)27-26(32)29-16-14-28(15-17-29)21-12-9-10-18(2)19(21)3/h9-10,12H,4-8,11,13-17H2,1-3H3,(H,27,32). The number of thiocarbonyl (C=S) groups is 1. The number of hydrogen-bond acceptors (Lipinski definition) is 5. The van der Waals surface area contributed by atoms with Crippen molar-refractivity contribution in [1.29, 1.82) is 0 Å². The fourth-order valence-electron chi connectivity index (χ4n) is 4.83. The van der Waals surface area contributed by atoms with E-state index in [2.05, 4.69) is 47.2 Å². The number of carbonyl (C=O) groups excluding carboxylic acids is 1. The molecule has 1 saturated heterocycles. The van der Waals surface area contributed by atoms with E-state index in [1.807, 2.05) is 6.92 Å². The van der Waals surface area contributed by atoms with E-state index < -0.39 is 0 Å². The Labute approximate surface area is 207 Å². The molecule has 1 aromatic heterocycles. The number of hydrogen-bond donors (Lipinski definition) is 1.